The minimum absolute atomic E-state index is 0.0605. The molecule has 0 saturated carbocycles. The second-order valence-electron chi connectivity index (χ2n) is 7.78. The summed E-state index contributed by atoms with van der Waals surface area (Å²) in [4.78, 5) is 29.3. The zero-order valence-electron chi connectivity index (χ0n) is 18.0. The van der Waals surface area contributed by atoms with Crippen LogP contribution in [0.3, 0.4) is 0 Å². The molecule has 0 radical (unpaired) electrons. The average molecular weight is 435 g/mol. The van der Waals surface area contributed by atoms with Crippen molar-refractivity contribution in [2.45, 2.75) is 20.8 Å². The topological polar surface area (TPSA) is 58.6 Å². The summed E-state index contributed by atoms with van der Waals surface area (Å²) in [7, 11) is 0. The van der Waals surface area contributed by atoms with Gasteiger partial charge in [-0.25, -0.2) is 0 Å². The number of anilines is 1. The first-order chi connectivity index (χ1) is 15.0. The quantitative estimate of drug-likeness (QED) is 0.624. The Labute approximate surface area is 186 Å². The van der Waals surface area contributed by atoms with Crippen LogP contribution in [0.15, 0.2) is 48.5 Å². The molecular formula is C25H26N2O3S. The SMILES string of the molecule is Cc1ccc(C(=O)Nc2sc(-c3ccccc3)c(C)c2C(=O)N2CCOCC2)cc1C. The van der Waals surface area contributed by atoms with E-state index in [9.17, 15) is 9.59 Å². The van der Waals surface area contributed by atoms with Crippen molar-refractivity contribution >= 4 is 28.2 Å². The number of benzene rings is 2. The van der Waals surface area contributed by atoms with Crippen LogP contribution >= 0.6 is 11.3 Å². The number of rotatable bonds is 4. The molecule has 1 aliphatic heterocycles. The Hall–Kier alpha value is -2.96. The van der Waals surface area contributed by atoms with E-state index in [4.69, 9.17) is 4.74 Å². The molecule has 1 saturated heterocycles. The van der Waals surface area contributed by atoms with Gasteiger partial charge in [-0.3, -0.25) is 9.59 Å². The predicted molar refractivity (Wildman–Crippen MR) is 125 cm³/mol. The van der Waals surface area contributed by atoms with Crippen molar-refractivity contribution in [2.75, 3.05) is 31.6 Å². The van der Waals surface area contributed by atoms with Crippen LogP contribution in [-0.2, 0) is 4.74 Å². The maximum absolute atomic E-state index is 13.4. The van der Waals surface area contributed by atoms with Gasteiger partial charge >= 0.3 is 0 Å². The predicted octanol–water partition coefficient (Wildman–Crippen LogP) is 5.07. The molecule has 0 unspecified atom stereocenters. The Balaban J connectivity index is 1.73. The lowest BCUT2D eigenvalue weighted by Crippen LogP contribution is -2.41. The molecule has 1 aliphatic rings. The third-order valence-electron chi connectivity index (χ3n) is 5.69. The summed E-state index contributed by atoms with van der Waals surface area (Å²) in [5, 5.41) is 3.62. The van der Waals surface area contributed by atoms with E-state index in [1.807, 2.05) is 69.3 Å². The average Bonchev–Trinajstić information content (AvgIpc) is 3.11. The van der Waals surface area contributed by atoms with Crippen LogP contribution < -0.4 is 5.32 Å². The van der Waals surface area contributed by atoms with Gasteiger partial charge in [0, 0.05) is 23.5 Å². The fraction of sp³-hybridized carbons (Fsp3) is 0.280. The maximum atomic E-state index is 13.4. The molecule has 1 fully saturated rings. The van der Waals surface area contributed by atoms with Gasteiger partial charge in [0.1, 0.15) is 5.00 Å². The Morgan fingerprint density at radius 1 is 0.968 bits per heavy atom. The third-order valence-corrected chi connectivity index (χ3v) is 6.95. The third kappa shape index (κ3) is 4.40. The molecule has 0 spiro atoms. The molecule has 1 N–H and O–H groups in total. The number of nitrogens with one attached hydrogen (secondary N) is 1. The van der Waals surface area contributed by atoms with Crippen molar-refractivity contribution in [1.82, 2.24) is 4.90 Å². The Bertz CT molecular complexity index is 1120. The second kappa shape index (κ2) is 9.04. The van der Waals surface area contributed by atoms with Crippen molar-refractivity contribution < 1.29 is 14.3 Å². The van der Waals surface area contributed by atoms with Gasteiger partial charge in [0.15, 0.2) is 0 Å². The van der Waals surface area contributed by atoms with Crippen LogP contribution in [0.1, 0.15) is 37.4 Å². The summed E-state index contributed by atoms with van der Waals surface area (Å²) in [6.45, 7) is 8.14. The highest BCUT2D eigenvalue weighted by molar-refractivity contribution is 7.20. The number of amides is 2. The van der Waals surface area contributed by atoms with E-state index >= 15 is 0 Å². The molecular weight excluding hydrogens is 408 g/mol. The lowest BCUT2D eigenvalue weighted by molar-refractivity contribution is 0.0303. The van der Waals surface area contributed by atoms with Crippen molar-refractivity contribution in [3.05, 3.63) is 76.3 Å². The first-order valence-corrected chi connectivity index (χ1v) is 11.2. The standard InChI is InChI=1S/C25H26N2O3S/c1-16-9-10-20(15-17(16)2)23(28)26-24-21(25(29)27-11-13-30-14-12-27)18(3)22(31-24)19-7-5-4-6-8-19/h4-10,15H,11-14H2,1-3H3,(H,26,28). The highest BCUT2D eigenvalue weighted by Crippen LogP contribution is 2.40. The molecule has 160 valence electrons. The molecule has 5 nitrogen and oxygen atoms in total. The smallest absolute Gasteiger partial charge is 0.257 e. The summed E-state index contributed by atoms with van der Waals surface area (Å²) in [5.74, 6) is -0.269. The number of nitrogens with zero attached hydrogens (tertiary/aromatic N) is 1. The molecule has 2 aromatic carbocycles. The minimum atomic E-state index is -0.208. The number of thiophene rings is 1. The van der Waals surface area contributed by atoms with Crippen LogP contribution in [-0.4, -0.2) is 43.0 Å². The molecule has 1 aromatic heterocycles. The number of aryl methyl sites for hydroxylation is 2. The maximum Gasteiger partial charge on any atom is 0.257 e. The number of hydrogen-bond donors (Lipinski definition) is 1. The van der Waals surface area contributed by atoms with Gasteiger partial charge < -0.3 is 15.0 Å². The number of hydrogen-bond acceptors (Lipinski definition) is 4. The van der Waals surface area contributed by atoms with Gasteiger partial charge in [-0.1, -0.05) is 36.4 Å². The molecule has 4 rings (SSSR count). The van der Waals surface area contributed by atoms with Gasteiger partial charge in [0.25, 0.3) is 11.8 Å². The largest absolute Gasteiger partial charge is 0.378 e. The van der Waals surface area contributed by atoms with E-state index in [2.05, 4.69) is 5.32 Å². The zero-order valence-corrected chi connectivity index (χ0v) is 18.8. The highest BCUT2D eigenvalue weighted by atomic mass is 32.1. The lowest BCUT2D eigenvalue weighted by atomic mass is 10.0. The fourth-order valence-electron chi connectivity index (χ4n) is 3.71. The van der Waals surface area contributed by atoms with E-state index in [1.54, 1.807) is 4.90 Å². The Morgan fingerprint density at radius 2 is 1.68 bits per heavy atom. The van der Waals surface area contributed by atoms with Crippen LogP contribution in [0.25, 0.3) is 10.4 Å². The summed E-state index contributed by atoms with van der Waals surface area (Å²) < 4.78 is 5.40. The number of morpholine rings is 1. The van der Waals surface area contributed by atoms with Gasteiger partial charge in [0.2, 0.25) is 0 Å². The first-order valence-electron chi connectivity index (χ1n) is 10.4. The van der Waals surface area contributed by atoms with E-state index in [0.29, 0.717) is 42.4 Å². The van der Waals surface area contributed by atoms with E-state index < -0.39 is 0 Å². The van der Waals surface area contributed by atoms with Crippen molar-refractivity contribution in [2.24, 2.45) is 0 Å². The molecule has 0 atom stereocenters. The number of ether oxygens (including phenoxy) is 1. The number of carbonyl (C=O) groups excluding carboxylic acids is 2. The molecule has 2 heterocycles. The van der Waals surface area contributed by atoms with Crippen LogP contribution in [0, 0.1) is 20.8 Å². The molecule has 0 aliphatic carbocycles. The van der Waals surface area contributed by atoms with Gasteiger partial charge in [-0.2, -0.15) is 0 Å². The number of carbonyl (C=O) groups is 2. The first kappa shape index (κ1) is 21.3. The highest BCUT2D eigenvalue weighted by Gasteiger charge is 2.28. The van der Waals surface area contributed by atoms with Crippen LogP contribution in [0.5, 0.6) is 0 Å². The Kier molecular flexibility index (Phi) is 6.20. The fourth-order valence-corrected chi connectivity index (χ4v) is 4.91. The summed E-state index contributed by atoms with van der Waals surface area (Å²) in [6.07, 6.45) is 0. The van der Waals surface area contributed by atoms with Crippen molar-refractivity contribution in [3.8, 4) is 10.4 Å². The summed E-state index contributed by atoms with van der Waals surface area (Å²) >= 11 is 1.45. The lowest BCUT2D eigenvalue weighted by Gasteiger charge is -2.27. The van der Waals surface area contributed by atoms with Gasteiger partial charge in [-0.05, 0) is 55.2 Å². The summed E-state index contributed by atoms with van der Waals surface area (Å²) in [5.41, 5.74) is 5.28. The Morgan fingerprint density at radius 3 is 2.35 bits per heavy atom. The van der Waals surface area contributed by atoms with E-state index in [1.165, 1.54) is 11.3 Å². The second-order valence-corrected chi connectivity index (χ2v) is 8.80. The van der Waals surface area contributed by atoms with Gasteiger partial charge in [-0.15, -0.1) is 11.3 Å². The van der Waals surface area contributed by atoms with Crippen LogP contribution in [0.4, 0.5) is 5.00 Å². The monoisotopic (exact) mass is 434 g/mol. The molecule has 2 amide bonds. The molecule has 3 aromatic rings. The summed E-state index contributed by atoms with van der Waals surface area (Å²) in [6, 6.07) is 15.6. The minimum Gasteiger partial charge on any atom is -0.378 e. The molecule has 0 bridgehead atoms. The van der Waals surface area contributed by atoms with Crippen LogP contribution in [0.2, 0.25) is 0 Å². The van der Waals surface area contributed by atoms with Crippen molar-refractivity contribution in [3.63, 3.8) is 0 Å². The molecule has 31 heavy (non-hydrogen) atoms. The normalized spacial score (nSPS) is 13.8. The van der Waals surface area contributed by atoms with E-state index in [0.717, 1.165) is 27.1 Å². The zero-order chi connectivity index (χ0) is 22.0. The van der Waals surface area contributed by atoms with Crippen molar-refractivity contribution in [1.29, 1.82) is 0 Å². The molecule has 6 heteroatoms. The van der Waals surface area contributed by atoms with Gasteiger partial charge in [0.05, 0.1) is 18.8 Å². The van der Waals surface area contributed by atoms with E-state index in [-0.39, 0.29) is 11.8 Å².